The second-order valence-corrected chi connectivity index (χ2v) is 6.86. The summed E-state index contributed by atoms with van der Waals surface area (Å²) in [4.78, 5) is 7.07. The molecule has 2 aromatic heterocycles. The van der Waals surface area contributed by atoms with Gasteiger partial charge in [-0.05, 0) is 37.9 Å². The maximum absolute atomic E-state index is 6.03. The summed E-state index contributed by atoms with van der Waals surface area (Å²) in [7, 11) is 2.08. The van der Waals surface area contributed by atoms with Crippen LogP contribution in [0.2, 0.25) is 0 Å². The molecular weight excluding hydrogens is 298 g/mol. The van der Waals surface area contributed by atoms with Gasteiger partial charge in [0.15, 0.2) is 0 Å². The van der Waals surface area contributed by atoms with E-state index in [1.54, 1.807) is 0 Å². The third-order valence-electron chi connectivity index (χ3n) is 5.21. The number of rotatable bonds is 5. The molecule has 3 aromatic rings. The molecule has 1 saturated heterocycles. The Hall–Kier alpha value is -2.07. The average molecular weight is 323 g/mol. The summed E-state index contributed by atoms with van der Waals surface area (Å²) in [6.45, 7) is 2.09. The SMILES string of the molecule is Cn1ccnc1CCC1CCCCN1Cc1cc2ccccc2o1. The highest BCUT2D eigenvalue weighted by Gasteiger charge is 2.23. The Morgan fingerprint density at radius 2 is 2.17 bits per heavy atom. The molecule has 0 radical (unpaired) electrons. The molecule has 0 spiro atoms. The molecule has 0 amide bonds. The number of para-hydroxylation sites is 1. The van der Waals surface area contributed by atoms with Gasteiger partial charge in [-0.1, -0.05) is 24.6 Å². The van der Waals surface area contributed by atoms with Crippen LogP contribution in [-0.4, -0.2) is 27.0 Å². The molecule has 0 aliphatic carbocycles. The van der Waals surface area contributed by atoms with Crippen LogP contribution in [0.3, 0.4) is 0 Å². The summed E-state index contributed by atoms with van der Waals surface area (Å²) in [6.07, 6.45) is 10.0. The lowest BCUT2D eigenvalue weighted by Crippen LogP contribution is -2.39. The van der Waals surface area contributed by atoms with Crippen molar-refractivity contribution < 1.29 is 4.42 Å². The maximum Gasteiger partial charge on any atom is 0.134 e. The van der Waals surface area contributed by atoms with E-state index in [1.807, 2.05) is 24.5 Å². The first-order valence-corrected chi connectivity index (χ1v) is 8.97. The van der Waals surface area contributed by atoms with Gasteiger partial charge in [-0.2, -0.15) is 0 Å². The highest BCUT2D eigenvalue weighted by Crippen LogP contribution is 2.26. The van der Waals surface area contributed by atoms with Crippen LogP contribution in [-0.2, 0) is 20.0 Å². The molecule has 4 nitrogen and oxygen atoms in total. The zero-order valence-corrected chi connectivity index (χ0v) is 14.3. The zero-order valence-electron chi connectivity index (χ0n) is 14.3. The third kappa shape index (κ3) is 3.24. The van der Waals surface area contributed by atoms with Crippen LogP contribution in [0.5, 0.6) is 0 Å². The fraction of sp³-hybridized carbons (Fsp3) is 0.450. The first-order valence-electron chi connectivity index (χ1n) is 8.97. The fourth-order valence-electron chi connectivity index (χ4n) is 3.84. The second-order valence-electron chi connectivity index (χ2n) is 6.86. The van der Waals surface area contributed by atoms with Crippen molar-refractivity contribution in [1.29, 1.82) is 0 Å². The van der Waals surface area contributed by atoms with Crippen molar-refractivity contribution in [2.75, 3.05) is 6.54 Å². The van der Waals surface area contributed by atoms with Crippen molar-refractivity contribution in [2.24, 2.45) is 7.05 Å². The van der Waals surface area contributed by atoms with Crippen LogP contribution >= 0.6 is 0 Å². The number of hydrogen-bond donors (Lipinski definition) is 0. The molecular formula is C20H25N3O. The van der Waals surface area contributed by atoms with E-state index in [0.717, 1.165) is 24.3 Å². The number of benzene rings is 1. The molecule has 4 heteroatoms. The Morgan fingerprint density at radius 3 is 3.00 bits per heavy atom. The monoisotopic (exact) mass is 323 g/mol. The number of imidazole rings is 1. The van der Waals surface area contributed by atoms with Crippen LogP contribution in [0.4, 0.5) is 0 Å². The van der Waals surface area contributed by atoms with Gasteiger partial charge >= 0.3 is 0 Å². The van der Waals surface area contributed by atoms with E-state index in [4.69, 9.17) is 4.42 Å². The van der Waals surface area contributed by atoms with Gasteiger partial charge in [-0.25, -0.2) is 4.98 Å². The van der Waals surface area contributed by atoms with Gasteiger partial charge in [0.1, 0.15) is 17.2 Å². The van der Waals surface area contributed by atoms with Gasteiger partial charge < -0.3 is 8.98 Å². The van der Waals surface area contributed by atoms with Crippen molar-refractivity contribution in [2.45, 2.75) is 44.7 Å². The predicted molar refractivity (Wildman–Crippen MR) is 95.8 cm³/mol. The fourth-order valence-corrected chi connectivity index (χ4v) is 3.84. The van der Waals surface area contributed by atoms with Gasteiger partial charge in [-0.15, -0.1) is 0 Å². The Kier molecular flexibility index (Phi) is 4.39. The molecule has 1 aliphatic rings. The number of hydrogen-bond acceptors (Lipinski definition) is 3. The van der Waals surface area contributed by atoms with E-state index in [0.29, 0.717) is 6.04 Å². The molecule has 3 heterocycles. The first-order chi connectivity index (χ1) is 11.8. The summed E-state index contributed by atoms with van der Waals surface area (Å²) in [5.74, 6) is 2.27. The smallest absolute Gasteiger partial charge is 0.134 e. The summed E-state index contributed by atoms with van der Waals surface area (Å²) in [6, 6.07) is 11.1. The topological polar surface area (TPSA) is 34.2 Å². The molecule has 0 bridgehead atoms. The lowest BCUT2D eigenvalue weighted by molar-refractivity contribution is 0.123. The van der Waals surface area contributed by atoms with E-state index < -0.39 is 0 Å². The van der Waals surface area contributed by atoms with Crippen LogP contribution in [0.15, 0.2) is 47.1 Å². The Morgan fingerprint density at radius 1 is 1.25 bits per heavy atom. The zero-order chi connectivity index (χ0) is 16.4. The van der Waals surface area contributed by atoms with Gasteiger partial charge in [0.25, 0.3) is 0 Å². The Labute approximate surface area is 143 Å². The highest BCUT2D eigenvalue weighted by atomic mass is 16.3. The number of likely N-dealkylation sites (tertiary alicyclic amines) is 1. The number of fused-ring (bicyclic) bond motifs is 1. The summed E-state index contributed by atoms with van der Waals surface area (Å²) >= 11 is 0. The molecule has 4 rings (SSSR count). The van der Waals surface area contributed by atoms with E-state index in [1.165, 1.54) is 43.4 Å². The molecule has 0 N–H and O–H groups in total. The number of aryl methyl sites for hydroxylation is 2. The van der Waals surface area contributed by atoms with Gasteiger partial charge in [0.05, 0.1) is 6.54 Å². The number of nitrogens with zero attached hydrogens (tertiary/aromatic N) is 3. The van der Waals surface area contributed by atoms with Crippen molar-refractivity contribution >= 4 is 11.0 Å². The Balaban J connectivity index is 1.44. The van der Waals surface area contributed by atoms with Gasteiger partial charge in [-0.3, -0.25) is 4.90 Å². The van der Waals surface area contributed by atoms with E-state index in [9.17, 15) is 0 Å². The maximum atomic E-state index is 6.03. The minimum Gasteiger partial charge on any atom is -0.460 e. The summed E-state index contributed by atoms with van der Waals surface area (Å²) in [5, 5.41) is 1.20. The van der Waals surface area contributed by atoms with Crippen LogP contribution < -0.4 is 0 Å². The lowest BCUT2D eigenvalue weighted by atomic mass is 9.97. The third-order valence-corrected chi connectivity index (χ3v) is 5.21. The summed E-state index contributed by atoms with van der Waals surface area (Å²) in [5.41, 5.74) is 0.995. The van der Waals surface area contributed by atoms with Crippen LogP contribution in [0.1, 0.15) is 37.3 Å². The quantitative estimate of drug-likeness (QED) is 0.707. The first kappa shape index (κ1) is 15.5. The van der Waals surface area contributed by atoms with Gasteiger partial charge in [0.2, 0.25) is 0 Å². The van der Waals surface area contributed by atoms with Crippen molar-refractivity contribution in [3.05, 3.63) is 54.3 Å². The molecule has 1 atom stereocenters. The van der Waals surface area contributed by atoms with Crippen molar-refractivity contribution in [3.8, 4) is 0 Å². The minimum absolute atomic E-state index is 0.628. The molecule has 1 unspecified atom stereocenters. The molecule has 24 heavy (non-hydrogen) atoms. The van der Waals surface area contributed by atoms with E-state index in [2.05, 4.69) is 39.7 Å². The number of furan rings is 1. The predicted octanol–water partition coefficient (Wildman–Crippen LogP) is 4.15. The van der Waals surface area contributed by atoms with Crippen molar-refractivity contribution in [3.63, 3.8) is 0 Å². The molecule has 0 saturated carbocycles. The Bertz CT molecular complexity index is 771. The highest BCUT2D eigenvalue weighted by molar-refractivity contribution is 5.77. The lowest BCUT2D eigenvalue weighted by Gasteiger charge is -2.35. The van der Waals surface area contributed by atoms with E-state index in [-0.39, 0.29) is 0 Å². The second kappa shape index (κ2) is 6.81. The standard InChI is InChI=1S/C20H25N3O/c1-22-13-11-21-20(22)10-9-17-7-4-5-12-23(17)15-18-14-16-6-2-3-8-19(16)24-18/h2-3,6,8,11,13-14,17H,4-5,7,9-10,12,15H2,1H3. The largest absolute Gasteiger partial charge is 0.460 e. The normalized spacial score (nSPS) is 19.1. The van der Waals surface area contributed by atoms with Crippen LogP contribution in [0, 0.1) is 0 Å². The summed E-state index contributed by atoms with van der Waals surface area (Å²) < 4.78 is 8.16. The van der Waals surface area contributed by atoms with E-state index >= 15 is 0 Å². The molecule has 1 aliphatic heterocycles. The molecule has 1 aromatic carbocycles. The number of aromatic nitrogens is 2. The molecule has 1 fully saturated rings. The van der Waals surface area contributed by atoms with Gasteiger partial charge in [0, 0.05) is 37.3 Å². The van der Waals surface area contributed by atoms with Crippen LogP contribution in [0.25, 0.3) is 11.0 Å². The minimum atomic E-state index is 0.628. The number of piperidine rings is 1. The molecule has 126 valence electrons. The van der Waals surface area contributed by atoms with Crippen molar-refractivity contribution in [1.82, 2.24) is 14.5 Å². The average Bonchev–Trinajstić information content (AvgIpc) is 3.19.